The van der Waals surface area contributed by atoms with Gasteiger partial charge < -0.3 is 15.4 Å². The fourth-order valence-corrected chi connectivity index (χ4v) is 1.87. The molecular weight excluding hydrogens is 296 g/mol. The molecule has 0 fully saturated rings. The van der Waals surface area contributed by atoms with E-state index in [-0.39, 0.29) is 11.6 Å². The van der Waals surface area contributed by atoms with E-state index >= 15 is 0 Å². The summed E-state index contributed by atoms with van der Waals surface area (Å²) in [4.78, 5) is 31.5. The molecule has 120 valence electrons. The Morgan fingerprint density at radius 2 is 2.04 bits per heavy atom. The summed E-state index contributed by atoms with van der Waals surface area (Å²) in [5.41, 5.74) is 1.36. The molecular formula is C16H18N4O3. The third-order valence-electron chi connectivity index (χ3n) is 2.99. The highest BCUT2D eigenvalue weighted by Gasteiger charge is 2.09. The van der Waals surface area contributed by atoms with Crippen molar-refractivity contribution < 1.29 is 14.3 Å². The first kappa shape index (κ1) is 16.4. The molecule has 0 saturated heterocycles. The minimum absolute atomic E-state index is 0.249. The van der Waals surface area contributed by atoms with Crippen molar-refractivity contribution in [3.63, 3.8) is 0 Å². The molecule has 0 bridgehead atoms. The van der Waals surface area contributed by atoms with E-state index in [1.807, 2.05) is 6.92 Å². The molecule has 7 nitrogen and oxygen atoms in total. The quantitative estimate of drug-likeness (QED) is 0.794. The van der Waals surface area contributed by atoms with E-state index in [9.17, 15) is 9.59 Å². The molecule has 0 aliphatic rings. The van der Waals surface area contributed by atoms with Crippen LogP contribution in [-0.2, 0) is 4.74 Å². The number of benzene rings is 1. The van der Waals surface area contributed by atoms with Crippen molar-refractivity contribution >= 4 is 23.4 Å². The van der Waals surface area contributed by atoms with Crippen molar-refractivity contribution in [2.45, 2.75) is 13.3 Å². The smallest absolute Gasteiger partial charge is 0.337 e. The van der Waals surface area contributed by atoms with Crippen LogP contribution < -0.4 is 10.6 Å². The number of nitrogens with one attached hydrogen (secondary N) is 2. The van der Waals surface area contributed by atoms with E-state index in [1.54, 1.807) is 30.3 Å². The maximum atomic E-state index is 11.9. The minimum Gasteiger partial charge on any atom is -0.465 e. The summed E-state index contributed by atoms with van der Waals surface area (Å²) in [5, 5.41) is 5.79. The maximum absolute atomic E-state index is 11.9. The van der Waals surface area contributed by atoms with E-state index in [2.05, 4.69) is 25.3 Å². The number of ether oxygens (including phenoxy) is 1. The Balaban J connectivity index is 2.14. The standard InChI is InChI=1S/C16H18N4O3/c1-3-7-17-15(21)13-9-14(19-10-18-13)20-12-6-4-5-11(8-12)16(22)23-2/h4-6,8-10H,3,7H2,1-2H3,(H,17,21)(H,18,19,20). The van der Waals surface area contributed by atoms with Gasteiger partial charge in [-0.3, -0.25) is 4.79 Å². The highest BCUT2D eigenvalue weighted by atomic mass is 16.5. The number of anilines is 2. The first-order chi connectivity index (χ1) is 11.1. The van der Waals surface area contributed by atoms with Crippen molar-refractivity contribution in [1.29, 1.82) is 0 Å². The third-order valence-corrected chi connectivity index (χ3v) is 2.99. The van der Waals surface area contributed by atoms with Crippen LogP contribution in [0.2, 0.25) is 0 Å². The van der Waals surface area contributed by atoms with Gasteiger partial charge in [0.05, 0.1) is 12.7 Å². The molecule has 7 heteroatoms. The largest absolute Gasteiger partial charge is 0.465 e. The average Bonchev–Trinajstić information content (AvgIpc) is 2.59. The lowest BCUT2D eigenvalue weighted by atomic mass is 10.2. The third kappa shape index (κ3) is 4.50. The lowest BCUT2D eigenvalue weighted by Gasteiger charge is -2.08. The Kier molecular flexibility index (Phi) is 5.62. The molecule has 0 unspecified atom stereocenters. The molecule has 0 spiro atoms. The van der Waals surface area contributed by atoms with Gasteiger partial charge in [-0.2, -0.15) is 0 Å². The second-order valence-electron chi connectivity index (χ2n) is 4.74. The van der Waals surface area contributed by atoms with Crippen LogP contribution >= 0.6 is 0 Å². The Hall–Kier alpha value is -2.96. The van der Waals surface area contributed by atoms with E-state index in [4.69, 9.17) is 0 Å². The van der Waals surface area contributed by atoms with Gasteiger partial charge in [-0.15, -0.1) is 0 Å². The van der Waals surface area contributed by atoms with Crippen molar-refractivity contribution in [2.24, 2.45) is 0 Å². The SMILES string of the molecule is CCCNC(=O)c1cc(Nc2cccc(C(=O)OC)c2)ncn1. The number of aromatic nitrogens is 2. The van der Waals surface area contributed by atoms with E-state index in [0.29, 0.717) is 23.6 Å². The van der Waals surface area contributed by atoms with Crippen molar-refractivity contribution in [1.82, 2.24) is 15.3 Å². The lowest BCUT2D eigenvalue weighted by molar-refractivity contribution is 0.0600. The highest BCUT2D eigenvalue weighted by molar-refractivity contribution is 5.93. The Morgan fingerprint density at radius 1 is 1.22 bits per heavy atom. The molecule has 1 aromatic carbocycles. The second-order valence-corrected chi connectivity index (χ2v) is 4.74. The van der Waals surface area contributed by atoms with Gasteiger partial charge in [0.1, 0.15) is 17.8 Å². The summed E-state index contributed by atoms with van der Waals surface area (Å²) in [5.74, 6) is -0.208. The number of rotatable bonds is 6. The van der Waals surface area contributed by atoms with Gasteiger partial charge >= 0.3 is 5.97 Å². The Morgan fingerprint density at radius 3 is 2.78 bits per heavy atom. The summed E-state index contributed by atoms with van der Waals surface area (Å²) in [6, 6.07) is 8.36. The number of hydrogen-bond donors (Lipinski definition) is 2. The fraction of sp³-hybridized carbons (Fsp3) is 0.250. The number of methoxy groups -OCH3 is 1. The average molecular weight is 314 g/mol. The minimum atomic E-state index is -0.420. The molecule has 0 aliphatic carbocycles. The van der Waals surface area contributed by atoms with Gasteiger partial charge in [-0.1, -0.05) is 13.0 Å². The summed E-state index contributed by atoms with van der Waals surface area (Å²) < 4.78 is 4.68. The van der Waals surface area contributed by atoms with Gasteiger partial charge in [-0.05, 0) is 24.6 Å². The Labute approximate surface area is 134 Å². The van der Waals surface area contributed by atoms with Crippen molar-refractivity contribution in [3.8, 4) is 0 Å². The fourth-order valence-electron chi connectivity index (χ4n) is 1.87. The summed E-state index contributed by atoms with van der Waals surface area (Å²) in [6.07, 6.45) is 2.16. The topological polar surface area (TPSA) is 93.2 Å². The van der Waals surface area contributed by atoms with E-state index in [0.717, 1.165) is 6.42 Å². The van der Waals surface area contributed by atoms with Gasteiger partial charge in [0.25, 0.3) is 5.91 Å². The molecule has 0 aliphatic heterocycles. The van der Waals surface area contributed by atoms with Crippen molar-refractivity contribution in [3.05, 3.63) is 47.9 Å². The monoisotopic (exact) mass is 314 g/mol. The first-order valence-corrected chi connectivity index (χ1v) is 7.19. The van der Waals surface area contributed by atoms with Crippen LogP contribution in [0, 0.1) is 0 Å². The van der Waals surface area contributed by atoms with Gasteiger partial charge in [-0.25, -0.2) is 14.8 Å². The maximum Gasteiger partial charge on any atom is 0.337 e. The number of hydrogen-bond acceptors (Lipinski definition) is 6. The zero-order valence-corrected chi connectivity index (χ0v) is 13.0. The van der Waals surface area contributed by atoms with E-state index < -0.39 is 5.97 Å². The number of carbonyl (C=O) groups is 2. The molecule has 2 N–H and O–H groups in total. The number of amides is 1. The molecule has 0 saturated carbocycles. The normalized spacial score (nSPS) is 10.0. The molecule has 1 heterocycles. The van der Waals surface area contributed by atoms with E-state index in [1.165, 1.54) is 13.4 Å². The summed E-state index contributed by atoms with van der Waals surface area (Å²) in [7, 11) is 1.33. The number of esters is 1. The zero-order valence-electron chi connectivity index (χ0n) is 13.0. The predicted octanol–water partition coefficient (Wildman–Crippen LogP) is 2.15. The van der Waals surface area contributed by atoms with Gasteiger partial charge in [0, 0.05) is 18.3 Å². The number of nitrogens with zero attached hydrogens (tertiary/aromatic N) is 2. The molecule has 1 amide bonds. The molecule has 0 atom stereocenters. The van der Waals surface area contributed by atoms with Crippen LogP contribution in [-0.4, -0.2) is 35.5 Å². The first-order valence-electron chi connectivity index (χ1n) is 7.19. The van der Waals surface area contributed by atoms with Gasteiger partial charge in [0.15, 0.2) is 0 Å². The summed E-state index contributed by atoms with van der Waals surface area (Å²) in [6.45, 7) is 2.56. The van der Waals surface area contributed by atoms with Crippen LogP contribution in [0.4, 0.5) is 11.5 Å². The number of carbonyl (C=O) groups excluding carboxylic acids is 2. The van der Waals surface area contributed by atoms with Crippen LogP contribution in [0.1, 0.15) is 34.2 Å². The molecule has 23 heavy (non-hydrogen) atoms. The van der Waals surface area contributed by atoms with Crippen LogP contribution in [0.3, 0.4) is 0 Å². The lowest BCUT2D eigenvalue weighted by Crippen LogP contribution is -2.25. The highest BCUT2D eigenvalue weighted by Crippen LogP contribution is 2.16. The predicted molar refractivity (Wildman–Crippen MR) is 85.7 cm³/mol. The molecule has 0 radical (unpaired) electrons. The van der Waals surface area contributed by atoms with Gasteiger partial charge in [0.2, 0.25) is 0 Å². The van der Waals surface area contributed by atoms with Crippen LogP contribution in [0.5, 0.6) is 0 Å². The molecule has 2 aromatic rings. The second kappa shape index (κ2) is 7.88. The Bertz CT molecular complexity index is 703. The molecule has 2 rings (SSSR count). The van der Waals surface area contributed by atoms with Crippen LogP contribution in [0.25, 0.3) is 0 Å². The zero-order chi connectivity index (χ0) is 16.7. The van der Waals surface area contributed by atoms with Crippen LogP contribution in [0.15, 0.2) is 36.7 Å². The molecule has 1 aromatic heterocycles. The van der Waals surface area contributed by atoms with Crippen molar-refractivity contribution in [2.75, 3.05) is 19.0 Å². The summed E-state index contributed by atoms with van der Waals surface area (Å²) >= 11 is 0.